The van der Waals surface area contributed by atoms with E-state index < -0.39 is 0 Å². The van der Waals surface area contributed by atoms with Crippen molar-refractivity contribution in [1.29, 1.82) is 0 Å². The SMILES string of the molecule is O.[Li+].[Li+].[Li+].[OH-].[OH-]. The van der Waals surface area contributed by atoms with Crippen LogP contribution in [0.4, 0.5) is 0 Å². The summed E-state index contributed by atoms with van der Waals surface area (Å²) in [5.74, 6) is 0. The van der Waals surface area contributed by atoms with Gasteiger partial charge in [-0.1, -0.05) is 0 Å². The van der Waals surface area contributed by atoms with Gasteiger partial charge in [0.25, 0.3) is 0 Å². The first-order valence-electron chi connectivity index (χ1n) is 0. The number of rotatable bonds is 0. The third-order valence-electron chi connectivity index (χ3n) is 0. The summed E-state index contributed by atoms with van der Waals surface area (Å²) in [5.41, 5.74) is 0. The molecule has 0 radical (unpaired) electrons. The minimum absolute atomic E-state index is 0. The zero-order valence-electron chi connectivity index (χ0n) is 4.39. The van der Waals surface area contributed by atoms with Gasteiger partial charge in [-0.2, -0.15) is 0 Å². The molecule has 0 aromatic heterocycles. The molecule has 0 heterocycles. The number of hydrogen-bond donors (Lipinski definition) is 0. The standard InChI is InChI=1S/3Li.3H2O/h;;;3*1H2/q3*+1;;;/p-2. The van der Waals surface area contributed by atoms with Crippen LogP contribution < -0.4 is 56.6 Å². The van der Waals surface area contributed by atoms with Gasteiger partial charge in [-0.05, 0) is 0 Å². The average Bonchev–Trinajstić information content (AvgIpc) is 0. The van der Waals surface area contributed by atoms with Gasteiger partial charge in [0.15, 0.2) is 0 Å². The monoisotopic (exact) mass is 73.1 g/mol. The Balaban J connectivity index is 0. The van der Waals surface area contributed by atoms with Crippen LogP contribution in [0, 0.1) is 0 Å². The predicted molar refractivity (Wildman–Crippen MR) is 7.49 cm³/mol. The van der Waals surface area contributed by atoms with Gasteiger partial charge in [0.05, 0.1) is 0 Å². The van der Waals surface area contributed by atoms with Gasteiger partial charge < -0.3 is 16.4 Å². The Morgan fingerprint density at radius 1 is 0.500 bits per heavy atom. The molecule has 0 aromatic rings. The molecule has 4 N–H and O–H groups in total. The first-order chi connectivity index (χ1) is 0. The van der Waals surface area contributed by atoms with Crippen molar-refractivity contribution in [2.45, 2.75) is 0 Å². The second-order valence-corrected chi connectivity index (χ2v) is 0. The van der Waals surface area contributed by atoms with Crippen molar-refractivity contribution in [3.8, 4) is 0 Å². The Hall–Kier alpha value is 1.67. The molecule has 0 aliphatic heterocycles. The fourth-order valence-electron chi connectivity index (χ4n) is 0. The minimum Gasteiger partial charge on any atom is -0.870 e. The van der Waals surface area contributed by atoms with Gasteiger partial charge in [-0.3, -0.25) is 0 Å². The Kier molecular flexibility index (Phi) is 1560. The van der Waals surface area contributed by atoms with E-state index in [0.717, 1.165) is 0 Å². The molecule has 0 unspecified atom stereocenters. The maximum Gasteiger partial charge on any atom is 1.00 e. The van der Waals surface area contributed by atoms with E-state index in [-0.39, 0.29) is 73.0 Å². The third kappa shape index (κ3) is 44.3. The van der Waals surface area contributed by atoms with Crippen molar-refractivity contribution in [3.63, 3.8) is 0 Å². The van der Waals surface area contributed by atoms with E-state index in [0.29, 0.717) is 0 Å². The van der Waals surface area contributed by atoms with Crippen molar-refractivity contribution in [2.24, 2.45) is 0 Å². The molecule has 6 heavy (non-hydrogen) atoms. The van der Waals surface area contributed by atoms with E-state index in [1.54, 1.807) is 0 Å². The maximum atomic E-state index is 0. The van der Waals surface area contributed by atoms with Crippen molar-refractivity contribution < 1.29 is 73.0 Å². The first kappa shape index (κ1) is 122. The van der Waals surface area contributed by atoms with Crippen LogP contribution in [-0.4, -0.2) is 16.4 Å². The normalized spacial score (nSPS) is 0. The summed E-state index contributed by atoms with van der Waals surface area (Å²) in [4.78, 5) is 0. The van der Waals surface area contributed by atoms with Crippen LogP contribution in [0.25, 0.3) is 0 Å². The van der Waals surface area contributed by atoms with Gasteiger partial charge in [-0.15, -0.1) is 0 Å². The second kappa shape index (κ2) is 76.8. The van der Waals surface area contributed by atoms with Crippen LogP contribution in [0.15, 0.2) is 0 Å². The Bertz CT molecular complexity index is 6.00. The molecule has 0 aliphatic carbocycles. The van der Waals surface area contributed by atoms with Crippen LogP contribution >= 0.6 is 0 Å². The van der Waals surface area contributed by atoms with E-state index in [1.165, 1.54) is 0 Å². The van der Waals surface area contributed by atoms with Crippen LogP contribution in [0.2, 0.25) is 0 Å². The molecule has 0 rings (SSSR count). The molecule has 0 saturated heterocycles. The molecule has 0 aromatic carbocycles. The van der Waals surface area contributed by atoms with Crippen molar-refractivity contribution in [2.75, 3.05) is 0 Å². The molecule has 24 valence electrons. The molecule has 0 saturated carbocycles. The second-order valence-electron chi connectivity index (χ2n) is 0. The van der Waals surface area contributed by atoms with E-state index in [9.17, 15) is 0 Å². The van der Waals surface area contributed by atoms with Crippen LogP contribution in [-0.2, 0) is 0 Å². The van der Waals surface area contributed by atoms with Gasteiger partial charge in [-0.25, -0.2) is 0 Å². The molecule has 3 nitrogen and oxygen atoms in total. The molecule has 0 atom stereocenters. The van der Waals surface area contributed by atoms with E-state index in [4.69, 9.17) is 0 Å². The van der Waals surface area contributed by atoms with Gasteiger partial charge in [0.2, 0.25) is 0 Å². The van der Waals surface area contributed by atoms with Crippen molar-refractivity contribution in [1.82, 2.24) is 0 Å². The molecule has 0 bridgehead atoms. The third-order valence-corrected chi connectivity index (χ3v) is 0. The Morgan fingerprint density at radius 3 is 0.500 bits per heavy atom. The van der Waals surface area contributed by atoms with E-state index in [2.05, 4.69) is 0 Å². The van der Waals surface area contributed by atoms with Crippen molar-refractivity contribution in [3.05, 3.63) is 0 Å². The smallest absolute Gasteiger partial charge is 0.870 e. The average molecular weight is 72.9 g/mol. The fraction of sp³-hybridized carbons (Fsp3) is 0. The summed E-state index contributed by atoms with van der Waals surface area (Å²) in [6, 6.07) is 0. The topological polar surface area (TPSA) is 91.5 Å². The van der Waals surface area contributed by atoms with E-state index in [1.807, 2.05) is 0 Å². The first-order valence-corrected chi connectivity index (χ1v) is 0. The zero-order valence-corrected chi connectivity index (χ0v) is 4.39. The zero-order chi connectivity index (χ0) is 0. The maximum absolute atomic E-state index is 0. The summed E-state index contributed by atoms with van der Waals surface area (Å²) < 4.78 is 0. The summed E-state index contributed by atoms with van der Waals surface area (Å²) in [6.07, 6.45) is 0. The van der Waals surface area contributed by atoms with E-state index >= 15 is 0 Å². The molecule has 0 fully saturated rings. The summed E-state index contributed by atoms with van der Waals surface area (Å²) in [5, 5.41) is 0. The quantitative estimate of drug-likeness (QED) is 0.266. The van der Waals surface area contributed by atoms with Gasteiger partial charge in [0.1, 0.15) is 0 Å². The van der Waals surface area contributed by atoms with Crippen LogP contribution in [0.5, 0.6) is 0 Å². The Labute approximate surface area is 72.7 Å². The Morgan fingerprint density at radius 2 is 0.500 bits per heavy atom. The van der Waals surface area contributed by atoms with Gasteiger partial charge in [0, 0.05) is 0 Å². The predicted octanol–water partition coefficient (Wildman–Crippen LogP) is -10.2. The summed E-state index contributed by atoms with van der Waals surface area (Å²) in [7, 11) is 0. The van der Waals surface area contributed by atoms with Crippen molar-refractivity contribution >= 4 is 0 Å². The molecule has 0 amide bonds. The van der Waals surface area contributed by atoms with Crippen LogP contribution in [0.3, 0.4) is 0 Å². The molecule has 0 spiro atoms. The molecular formula is H4Li3O3+. The fourth-order valence-corrected chi connectivity index (χ4v) is 0. The molecule has 0 aliphatic rings. The van der Waals surface area contributed by atoms with Crippen LogP contribution in [0.1, 0.15) is 0 Å². The number of hydrogen-bond acceptors (Lipinski definition) is 2. The molecular weight excluding hydrogens is 68.8 g/mol. The minimum atomic E-state index is 0. The largest absolute Gasteiger partial charge is 1.00 e. The van der Waals surface area contributed by atoms with Gasteiger partial charge >= 0.3 is 56.6 Å². The molecule has 6 heteroatoms. The summed E-state index contributed by atoms with van der Waals surface area (Å²) >= 11 is 0. The summed E-state index contributed by atoms with van der Waals surface area (Å²) in [6.45, 7) is 0.